The van der Waals surface area contributed by atoms with Crippen molar-refractivity contribution in [2.24, 2.45) is 0 Å². The van der Waals surface area contributed by atoms with Crippen molar-refractivity contribution in [1.29, 1.82) is 0 Å². The maximum absolute atomic E-state index is 13.0. The fraction of sp³-hybridized carbons (Fsp3) is 0.333. The van der Waals surface area contributed by atoms with E-state index >= 15 is 0 Å². The van der Waals surface area contributed by atoms with Crippen molar-refractivity contribution in [3.8, 4) is 5.75 Å². The normalized spacial score (nSPS) is 14.3. The van der Waals surface area contributed by atoms with E-state index in [1.165, 1.54) is 0 Å². The average Bonchev–Trinajstić information content (AvgIpc) is 2.80. The number of ether oxygens (including phenoxy) is 2. The van der Waals surface area contributed by atoms with Crippen LogP contribution in [0.4, 0.5) is 0 Å². The van der Waals surface area contributed by atoms with Gasteiger partial charge in [0, 0.05) is 18.7 Å². The highest BCUT2D eigenvalue weighted by Crippen LogP contribution is 2.14. The zero-order valence-electron chi connectivity index (χ0n) is 17.3. The molecule has 6 heteroatoms. The lowest BCUT2D eigenvalue weighted by atomic mass is 10.1. The number of hydrogen-bond donors (Lipinski definition) is 1. The zero-order valence-corrected chi connectivity index (χ0v) is 17.3. The van der Waals surface area contributed by atoms with E-state index in [1.807, 2.05) is 30.3 Å². The van der Waals surface area contributed by atoms with Crippen molar-refractivity contribution in [3.63, 3.8) is 0 Å². The number of unbranched alkanes of at least 4 members (excludes halogenated alkanes) is 1. The number of benzene rings is 2. The van der Waals surface area contributed by atoms with Crippen LogP contribution in [0.5, 0.6) is 5.75 Å². The highest BCUT2D eigenvalue weighted by molar-refractivity contribution is 6.05. The molecule has 0 spiro atoms. The van der Waals surface area contributed by atoms with Crippen LogP contribution < -0.4 is 10.1 Å². The van der Waals surface area contributed by atoms with E-state index < -0.39 is 0 Å². The first-order valence-electron chi connectivity index (χ1n) is 10.4. The molecule has 30 heavy (non-hydrogen) atoms. The third kappa shape index (κ3) is 6.19. The molecular formula is C24H28N2O4. The van der Waals surface area contributed by atoms with E-state index in [-0.39, 0.29) is 17.5 Å². The summed E-state index contributed by atoms with van der Waals surface area (Å²) in [5.41, 5.74) is 1.55. The summed E-state index contributed by atoms with van der Waals surface area (Å²) in [4.78, 5) is 27.6. The molecule has 0 saturated carbocycles. The number of morpholine rings is 1. The first kappa shape index (κ1) is 21.6. The Morgan fingerprint density at radius 3 is 2.43 bits per heavy atom. The van der Waals surface area contributed by atoms with E-state index in [0.717, 1.165) is 24.2 Å². The highest BCUT2D eigenvalue weighted by Gasteiger charge is 2.22. The van der Waals surface area contributed by atoms with Crippen LogP contribution in [0.1, 0.15) is 35.7 Å². The molecule has 2 aromatic rings. The van der Waals surface area contributed by atoms with Crippen molar-refractivity contribution in [2.75, 3.05) is 32.9 Å². The van der Waals surface area contributed by atoms with Crippen molar-refractivity contribution >= 4 is 17.9 Å². The Morgan fingerprint density at radius 1 is 1.07 bits per heavy atom. The Balaban J connectivity index is 1.74. The second-order valence-electron chi connectivity index (χ2n) is 7.05. The van der Waals surface area contributed by atoms with Crippen LogP contribution in [0, 0.1) is 0 Å². The minimum atomic E-state index is -0.334. The Bertz CT molecular complexity index is 857. The molecule has 1 N–H and O–H groups in total. The summed E-state index contributed by atoms with van der Waals surface area (Å²) in [5, 5.41) is 2.80. The Hall–Kier alpha value is -3.12. The molecule has 0 aliphatic carbocycles. The lowest BCUT2D eigenvalue weighted by molar-refractivity contribution is -0.131. The molecule has 0 radical (unpaired) electrons. The van der Waals surface area contributed by atoms with Gasteiger partial charge in [0.1, 0.15) is 11.4 Å². The SMILES string of the molecule is CCCCOc1ccc(C(=O)N/C(=C/c2ccccc2)C(=O)N2CCOCC2)cc1. The van der Waals surface area contributed by atoms with E-state index in [2.05, 4.69) is 12.2 Å². The third-order valence-electron chi connectivity index (χ3n) is 4.77. The Labute approximate surface area is 177 Å². The van der Waals surface area contributed by atoms with Crippen LogP contribution in [-0.2, 0) is 9.53 Å². The summed E-state index contributed by atoms with van der Waals surface area (Å²) < 4.78 is 11.0. The molecule has 0 unspecified atom stereocenters. The Morgan fingerprint density at radius 2 is 1.77 bits per heavy atom. The van der Waals surface area contributed by atoms with Crippen LogP contribution in [-0.4, -0.2) is 49.6 Å². The molecule has 0 aromatic heterocycles. The van der Waals surface area contributed by atoms with Crippen LogP contribution in [0.25, 0.3) is 6.08 Å². The number of carbonyl (C=O) groups is 2. The summed E-state index contributed by atoms with van der Waals surface area (Å²) in [5.74, 6) is 0.179. The topological polar surface area (TPSA) is 67.9 Å². The second kappa shape index (κ2) is 11.2. The van der Waals surface area contributed by atoms with Gasteiger partial charge in [0.2, 0.25) is 0 Å². The predicted molar refractivity (Wildman–Crippen MR) is 116 cm³/mol. The molecule has 1 fully saturated rings. The van der Waals surface area contributed by atoms with E-state index in [9.17, 15) is 9.59 Å². The van der Waals surface area contributed by atoms with Gasteiger partial charge in [-0.05, 0) is 42.3 Å². The third-order valence-corrected chi connectivity index (χ3v) is 4.77. The number of carbonyl (C=O) groups excluding carboxylic acids is 2. The van der Waals surface area contributed by atoms with E-state index in [1.54, 1.807) is 35.2 Å². The quantitative estimate of drug-likeness (QED) is 0.536. The van der Waals surface area contributed by atoms with E-state index in [0.29, 0.717) is 38.5 Å². The van der Waals surface area contributed by atoms with Crippen molar-refractivity contribution in [3.05, 3.63) is 71.4 Å². The van der Waals surface area contributed by atoms with Crippen molar-refractivity contribution in [2.45, 2.75) is 19.8 Å². The summed E-state index contributed by atoms with van der Waals surface area (Å²) in [6.07, 6.45) is 3.76. The largest absolute Gasteiger partial charge is 0.494 e. The monoisotopic (exact) mass is 408 g/mol. The zero-order chi connectivity index (χ0) is 21.2. The molecule has 6 nitrogen and oxygen atoms in total. The molecule has 0 atom stereocenters. The van der Waals surface area contributed by atoms with Gasteiger partial charge in [-0.15, -0.1) is 0 Å². The number of nitrogens with one attached hydrogen (secondary N) is 1. The predicted octanol–water partition coefficient (Wildman–Crippen LogP) is 3.50. The molecular weight excluding hydrogens is 380 g/mol. The van der Waals surface area contributed by atoms with Crippen LogP contribution in [0.2, 0.25) is 0 Å². The Kier molecular flexibility index (Phi) is 8.03. The minimum absolute atomic E-state index is 0.213. The molecule has 0 bridgehead atoms. The average molecular weight is 408 g/mol. The molecule has 1 saturated heterocycles. The number of hydrogen-bond acceptors (Lipinski definition) is 4. The van der Waals surface area contributed by atoms with Gasteiger partial charge >= 0.3 is 0 Å². The minimum Gasteiger partial charge on any atom is -0.494 e. The van der Waals surface area contributed by atoms with Crippen molar-refractivity contribution < 1.29 is 19.1 Å². The van der Waals surface area contributed by atoms with Gasteiger partial charge < -0.3 is 19.7 Å². The van der Waals surface area contributed by atoms with Gasteiger partial charge in [0.15, 0.2) is 0 Å². The molecule has 2 amide bonds. The van der Waals surface area contributed by atoms with Crippen LogP contribution >= 0.6 is 0 Å². The van der Waals surface area contributed by atoms with Gasteiger partial charge in [-0.3, -0.25) is 9.59 Å². The molecule has 1 aliphatic heterocycles. The molecule has 2 aromatic carbocycles. The van der Waals surface area contributed by atoms with Gasteiger partial charge in [-0.2, -0.15) is 0 Å². The molecule has 3 rings (SSSR count). The van der Waals surface area contributed by atoms with Crippen LogP contribution in [0.15, 0.2) is 60.3 Å². The number of rotatable bonds is 8. The van der Waals surface area contributed by atoms with E-state index in [4.69, 9.17) is 9.47 Å². The summed E-state index contributed by atoms with van der Waals surface area (Å²) in [6, 6.07) is 16.4. The maximum Gasteiger partial charge on any atom is 0.270 e. The molecule has 158 valence electrons. The lowest BCUT2D eigenvalue weighted by Crippen LogP contribution is -2.44. The fourth-order valence-corrected chi connectivity index (χ4v) is 3.04. The van der Waals surface area contributed by atoms with Gasteiger partial charge in [0.05, 0.1) is 19.8 Å². The van der Waals surface area contributed by atoms with Gasteiger partial charge in [-0.25, -0.2) is 0 Å². The van der Waals surface area contributed by atoms with Crippen LogP contribution in [0.3, 0.4) is 0 Å². The van der Waals surface area contributed by atoms with Gasteiger partial charge in [0.25, 0.3) is 11.8 Å². The summed E-state index contributed by atoms with van der Waals surface area (Å²) in [7, 11) is 0. The second-order valence-corrected chi connectivity index (χ2v) is 7.05. The smallest absolute Gasteiger partial charge is 0.270 e. The number of amides is 2. The van der Waals surface area contributed by atoms with Crippen molar-refractivity contribution in [1.82, 2.24) is 10.2 Å². The standard InChI is InChI=1S/C24H28N2O4/c1-2-3-15-30-21-11-9-20(10-12-21)23(27)25-22(18-19-7-5-4-6-8-19)24(28)26-13-16-29-17-14-26/h4-12,18H,2-3,13-17H2,1H3,(H,25,27)/b22-18+. The highest BCUT2D eigenvalue weighted by atomic mass is 16.5. The molecule has 1 heterocycles. The first-order chi connectivity index (χ1) is 14.7. The number of nitrogens with zero attached hydrogens (tertiary/aromatic N) is 1. The van der Waals surface area contributed by atoms with Gasteiger partial charge in [-0.1, -0.05) is 43.7 Å². The molecule has 1 aliphatic rings. The lowest BCUT2D eigenvalue weighted by Gasteiger charge is -2.27. The fourth-order valence-electron chi connectivity index (χ4n) is 3.04. The maximum atomic E-state index is 13.0. The summed E-state index contributed by atoms with van der Waals surface area (Å²) >= 11 is 0. The summed E-state index contributed by atoms with van der Waals surface area (Å²) in [6.45, 7) is 4.76. The first-order valence-corrected chi connectivity index (χ1v) is 10.4.